The van der Waals surface area contributed by atoms with Crippen LogP contribution in [-0.2, 0) is 6.42 Å². The largest absolute Gasteiger partial charge is 0.310 e. The maximum absolute atomic E-state index is 13.0. The van der Waals surface area contributed by atoms with Crippen molar-refractivity contribution in [1.82, 2.24) is 5.32 Å². The van der Waals surface area contributed by atoms with Crippen molar-refractivity contribution in [2.75, 3.05) is 6.54 Å². The third kappa shape index (κ3) is 4.90. The highest BCUT2D eigenvalue weighted by Crippen LogP contribution is 2.29. The summed E-state index contributed by atoms with van der Waals surface area (Å²) in [5.74, 6) is -0.194. The molecule has 0 aliphatic carbocycles. The maximum atomic E-state index is 13.0. The Labute approximate surface area is 142 Å². The molecule has 1 N–H and O–H groups in total. The Morgan fingerprint density at radius 1 is 1.10 bits per heavy atom. The van der Waals surface area contributed by atoms with Gasteiger partial charge in [0.25, 0.3) is 0 Å². The minimum absolute atomic E-state index is 0.194. The molecule has 0 radical (unpaired) electrons. The van der Waals surface area contributed by atoms with E-state index in [-0.39, 0.29) is 11.9 Å². The van der Waals surface area contributed by atoms with Crippen LogP contribution in [0.1, 0.15) is 30.5 Å². The van der Waals surface area contributed by atoms with Crippen LogP contribution in [0.15, 0.2) is 51.4 Å². The summed E-state index contributed by atoms with van der Waals surface area (Å²) < 4.78 is 15.2. The summed E-state index contributed by atoms with van der Waals surface area (Å²) in [4.78, 5) is 0. The molecule has 1 atom stereocenters. The number of halogens is 3. The number of hydrogen-bond acceptors (Lipinski definition) is 1. The van der Waals surface area contributed by atoms with E-state index in [1.165, 1.54) is 17.7 Å². The highest BCUT2D eigenvalue weighted by molar-refractivity contribution is 9.11. The normalized spacial score (nSPS) is 12.4. The molecule has 0 aliphatic rings. The van der Waals surface area contributed by atoms with Gasteiger partial charge in [-0.05, 0) is 60.8 Å². The summed E-state index contributed by atoms with van der Waals surface area (Å²) in [5.41, 5.74) is 2.33. The van der Waals surface area contributed by atoms with E-state index in [0.717, 1.165) is 33.9 Å². The van der Waals surface area contributed by atoms with Crippen LogP contribution in [0.3, 0.4) is 0 Å². The van der Waals surface area contributed by atoms with Gasteiger partial charge in [0.15, 0.2) is 0 Å². The van der Waals surface area contributed by atoms with Gasteiger partial charge < -0.3 is 5.32 Å². The fourth-order valence-corrected chi connectivity index (χ4v) is 3.15. The molecule has 0 fully saturated rings. The minimum Gasteiger partial charge on any atom is -0.310 e. The van der Waals surface area contributed by atoms with Crippen LogP contribution in [0.25, 0.3) is 0 Å². The highest BCUT2D eigenvalue weighted by atomic mass is 79.9. The quantitative estimate of drug-likeness (QED) is 0.645. The predicted octanol–water partition coefficient (Wildman–Crippen LogP) is 5.63. The molecular formula is C17H18Br2FN. The van der Waals surface area contributed by atoms with Gasteiger partial charge in [0.1, 0.15) is 5.82 Å². The molecule has 0 amide bonds. The van der Waals surface area contributed by atoms with E-state index in [9.17, 15) is 4.39 Å². The van der Waals surface area contributed by atoms with Gasteiger partial charge in [0.05, 0.1) is 0 Å². The van der Waals surface area contributed by atoms with Crippen LogP contribution in [0.4, 0.5) is 4.39 Å². The lowest BCUT2D eigenvalue weighted by molar-refractivity contribution is 0.526. The first-order valence-corrected chi connectivity index (χ1v) is 8.61. The third-order valence-corrected chi connectivity index (χ3v) is 4.54. The molecule has 0 saturated carbocycles. The van der Waals surface area contributed by atoms with Gasteiger partial charge in [-0.15, -0.1) is 0 Å². The predicted molar refractivity (Wildman–Crippen MR) is 93.0 cm³/mol. The summed E-state index contributed by atoms with van der Waals surface area (Å²) in [6, 6.07) is 13.1. The lowest BCUT2D eigenvalue weighted by Gasteiger charge is -2.21. The Morgan fingerprint density at radius 3 is 2.48 bits per heavy atom. The highest BCUT2D eigenvalue weighted by Gasteiger charge is 2.15. The van der Waals surface area contributed by atoms with Crippen molar-refractivity contribution in [1.29, 1.82) is 0 Å². The van der Waals surface area contributed by atoms with Crippen LogP contribution < -0.4 is 5.32 Å². The van der Waals surface area contributed by atoms with Gasteiger partial charge in [-0.25, -0.2) is 4.39 Å². The number of nitrogens with one attached hydrogen (secondary N) is 1. The zero-order valence-electron chi connectivity index (χ0n) is 11.9. The molecule has 1 unspecified atom stereocenters. The van der Waals surface area contributed by atoms with E-state index in [4.69, 9.17) is 0 Å². The lowest BCUT2D eigenvalue weighted by Crippen LogP contribution is -2.24. The lowest BCUT2D eigenvalue weighted by atomic mass is 9.98. The van der Waals surface area contributed by atoms with Gasteiger partial charge in [-0.3, -0.25) is 0 Å². The van der Waals surface area contributed by atoms with E-state index < -0.39 is 0 Å². The molecule has 0 aromatic heterocycles. The summed E-state index contributed by atoms with van der Waals surface area (Å²) in [5, 5.41) is 3.57. The Bertz CT molecular complexity index is 584. The Hall–Kier alpha value is -0.710. The summed E-state index contributed by atoms with van der Waals surface area (Å²) >= 11 is 7.16. The molecule has 2 rings (SSSR count). The zero-order valence-corrected chi connectivity index (χ0v) is 15.0. The van der Waals surface area contributed by atoms with Crippen molar-refractivity contribution in [2.24, 2.45) is 0 Å². The fourth-order valence-electron chi connectivity index (χ4n) is 2.25. The van der Waals surface area contributed by atoms with Crippen LogP contribution >= 0.6 is 31.9 Å². The van der Waals surface area contributed by atoms with E-state index in [2.05, 4.69) is 50.2 Å². The van der Waals surface area contributed by atoms with Crippen molar-refractivity contribution in [3.63, 3.8) is 0 Å². The smallest absolute Gasteiger partial charge is 0.123 e. The van der Waals surface area contributed by atoms with Crippen molar-refractivity contribution < 1.29 is 4.39 Å². The van der Waals surface area contributed by atoms with Crippen LogP contribution in [0, 0.1) is 5.82 Å². The van der Waals surface area contributed by atoms with Crippen molar-refractivity contribution in [2.45, 2.75) is 25.8 Å². The van der Waals surface area contributed by atoms with E-state index in [1.54, 1.807) is 0 Å². The van der Waals surface area contributed by atoms with E-state index >= 15 is 0 Å². The monoisotopic (exact) mass is 413 g/mol. The summed E-state index contributed by atoms with van der Waals surface area (Å²) in [6.45, 7) is 3.10. The second-order valence-electron chi connectivity index (χ2n) is 5.00. The van der Waals surface area contributed by atoms with Crippen LogP contribution in [0.2, 0.25) is 0 Å². The molecule has 0 spiro atoms. The van der Waals surface area contributed by atoms with Crippen molar-refractivity contribution in [3.05, 3.63) is 68.4 Å². The van der Waals surface area contributed by atoms with Gasteiger partial charge >= 0.3 is 0 Å². The zero-order chi connectivity index (χ0) is 15.2. The molecule has 0 bridgehead atoms. The summed E-state index contributed by atoms with van der Waals surface area (Å²) in [7, 11) is 0. The van der Waals surface area contributed by atoms with E-state index in [1.807, 2.05) is 24.3 Å². The molecule has 1 nitrogen and oxygen atoms in total. The molecule has 0 heterocycles. The Balaban J connectivity index is 2.25. The second kappa shape index (κ2) is 8.06. The molecule has 2 aromatic carbocycles. The first-order chi connectivity index (χ1) is 10.1. The fraction of sp³-hybridized carbons (Fsp3) is 0.294. The van der Waals surface area contributed by atoms with Crippen LogP contribution in [0.5, 0.6) is 0 Å². The first kappa shape index (κ1) is 16.7. The van der Waals surface area contributed by atoms with Gasteiger partial charge in [-0.2, -0.15) is 0 Å². The summed E-state index contributed by atoms with van der Waals surface area (Å²) in [6.07, 6.45) is 1.90. The molecule has 0 aliphatic heterocycles. The number of rotatable bonds is 6. The van der Waals surface area contributed by atoms with Gasteiger partial charge in [0.2, 0.25) is 0 Å². The number of hydrogen-bond donors (Lipinski definition) is 1. The maximum Gasteiger partial charge on any atom is 0.123 e. The van der Waals surface area contributed by atoms with Crippen molar-refractivity contribution in [3.8, 4) is 0 Å². The third-order valence-electron chi connectivity index (χ3n) is 3.33. The van der Waals surface area contributed by atoms with Crippen LogP contribution in [-0.4, -0.2) is 6.54 Å². The molecule has 0 saturated heterocycles. The van der Waals surface area contributed by atoms with Crippen molar-refractivity contribution >= 4 is 31.9 Å². The van der Waals surface area contributed by atoms with Gasteiger partial charge in [0, 0.05) is 15.0 Å². The molecular weight excluding hydrogens is 397 g/mol. The topological polar surface area (TPSA) is 12.0 Å². The standard InChI is InChI=1S/C17H18Br2FN/c1-2-9-21-17(10-12-3-6-14(20)7-4-12)15-11-13(18)5-8-16(15)19/h3-8,11,17,21H,2,9-10H2,1H3. The molecule has 2 aromatic rings. The molecule has 21 heavy (non-hydrogen) atoms. The average molecular weight is 415 g/mol. The van der Waals surface area contributed by atoms with E-state index in [0.29, 0.717) is 0 Å². The Kier molecular flexibility index (Phi) is 6.40. The Morgan fingerprint density at radius 2 is 1.81 bits per heavy atom. The van der Waals surface area contributed by atoms with Gasteiger partial charge in [-0.1, -0.05) is 50.9 Å². The minimum atomic E-state index is -0.194. The average Bonchev–Trinajstić information content (AvgIpc) is 2.48. The molecule has 112 valence electrons. The first-order valence-electron chi connectivity index (χ1n) is 7.03. The second-order valence-corrected chi connectivity index (χ2v) is 6.77. The molecule has 4 heteroatoms. The number of benzene rings is 2. The SMILES string of the molecule is CCCNC(Cc1ccc(F)cc1)c1cc(Br)ccc1Br.